The lowest BCUT2D eigenvalue weighted by atomic mass is 10.2. The van der Waals surface area contributed by atoms with Crippen LogP contribution in [0, 0.1) is 0 Å². The molecular formula is C11H19N3. The van der Waals surface area contributed by atoms with Crippen molar-refractivity contribution < 1.29 is 0 Å². The van der Waals surface area contributed by atoms with Gasteiger partial charge in [-0.05, 0) is 19.8 Å². The molecule has 3 nitrogen and oxygen atoms in total. The standard InChI is InChI=1S/C11H19N3/c1-9(12)6-11-7-13-8-14(11)10-4-2-3-5-10/h7-10H,2-6,12H2,1H3. The normalized spacial score (nSPS) is 20.1. The second-order valence-electron chi connectivity index (χ2n) is 4.41. The monoisotopic (exact) mass is 193 g/mol. The molecule has 0 bridgehead atoms. The number of nitrogens with zero attached hydrogens (tertiary/aromatic N) is 2. The van der Waals surface area contributed by atoms with Gasteiger partial charge in [0.1, 0.15) is 0 Å². The van der Waals surface area contributed by atoms with Crippen molar-refractivity contribution in [2.75, 3.05) is 0 Å². The highest BCUT2D eigenvalue weighted by Gasteiger charge is 2.18. The van der Waals surface area contributed by atoms with E-state index in [-0.39, 0.29) is 6.04 Å². The Morgan fingerprint density at radius 2 is 2.29 bits per heavy atom. The molecule has 0 aromatic carbocycles. The third-order valence-electron chi connectivity index (χ3n) is 3.00. The van der Waals surface area contributed by atoms with Crippen molar-refractivity contribution in [3.05, 3.63) is 18.2 Å². The summed E-state index contributed by atoms with van der Waals surface area (Å²) in [4.78, 5) is 4.23. The Kier molecular flexibility index (Phi) is 2.87. The minimum atomic E-state index is 0.229. The summed E-state index contributed by atoms with van der Waals surface area (Å²) in [6, 6.07) is 0.915. The van der Waals surface area contributed by atoms with E-state index in [1.165, 1.54) is 31.4 Å². The minimum absolute atomic E-state index is 0.229. The second kappa shape index (κ2) is 4.13. The van der Waals surface area contributed by atoms with Crippen LogP contribution in [-0.4, -0.2) is 15.6 Å². The fraction of sp³-hybridized carbons (Fsp3) is 0.727. The molecule has 1 atom stereocenters. The summed E-state index contributed by atoms with van der Waals surface area (Å²) in [5.74, 6) is 0. The summed E-state index contributed by atoms with van der Waals surface area (Å²) in [7, 11) is 0. The lowest BCUT2D eigenvalue weighted by Gasteiger charge is -2.15. The molecule has 1 aliphatic carbocycles. The molecule has 1 fully saturated rings. The zero-order chi connectivity index (χ0) is 9.97. The van der Waals surface area contributed by atoms with Crippen molar-refractivity contribution in [3.8, 4) is 0 Å². The molecule has 14 heavy (non-hydrogen) atoms. The zero-order valence-electron chi connectivity index (χ0n) is 8.82. The van der Waals surface area contributed by atoms with Crippen LogP contribution in [0.4, 0.5) is 0 Å². The highest BCUT2D eigenvalue weighted by atomic mass is 15.1. The number of nitrogens with two attached hydrogens (primary N) is 1. The van der Waals surface area contributed by atoms with Gasteiger partial charge >= 0.3 is 0 Å². The molecule has 0 aliphatic heterocycles. The van der Waals surface area contributed by atoms with E-state index >= 15 is 0 Å². The van der Waals surface area contributed by atoms with Crippen LogP contribution >= 0.6 is 0 Å². The first-order valence-corrected chi connectivity index (χ1v) is 5.53. The quantitative estimate of drug-likeness (QED) is 0.796. The van der Waals surface area contributed by atoms with Gasteiger partial charge in [-0.1, -0.05) is 12.8 Å². The summed E-state index contributed by atoms with van der Waals surface area (Å²) in [6.45, 7) is 2.05. The second-order valence-corrected chi connectivity index (χ2v) is 4.41. The first-order chi connectivity index (χ1) is 6.77. The third-order valence-corrected chi connectivity index (χ3v) is 3.00. The summed E-state index contributed by atoms with van der Waals surface area (Å²) in [5, 5.41) is 0. The summed E-state index contributed by atoms with van der Waals surface area (Å²) >= 11 is 0. The average molecular weight is 193 g/mol. The van der Waals surface area contributed by atoms with Crippen molar-refractivity contribution >= 4 is 0 Å². The lowest BCUT2D eigenvalue weighted by Crippen LogP contribution is -2.20. The van der Waals surface area contributed by atoms with Crippen LogP contribution in [0.5, 0.6) is 0 Å². The third kappa shape index (κ3) is 1.98. The van der Waals surface area contributed by atoms with Crippen molar-refractivity contribution in [1.29, 1.82) is 0 Å². The van der Waals surface area contributed by atoms with Gasteiger partial charge in [-0.15, -0.1) is 0 Å². The van der Waals surface area contributed by atoms with Gasteiger partial charge in [-0.3, -0.25) is 0 Å². The van der Waals surface area contributed by atoms with Crippen LogP contribution in [0.1, 0.15) is 44.3 Å². The Morgan fingerprint density at radius 3 is 2.93 bits per heavy atom. The predicted molar refractivity (Wildman–Crippen MR) is 57.1 cm³/mol. The Morgan fingerprint density at radius 1 is 1.57 bits per heavy atom. The maximum absolute atomic E-state index is 5.81. The molecule has 1 aromatic heterocycles. The first-order valence-electron chi connectivity index (χ1n) is 5.53. The Labute approximate surface area is 85.3 Å². The van der Waals surface area contributed by atoms with Gasteiger partial charge in [0.25, 0.3) is 0 Å². The summed E-state index contributed by atoms with van der Waals surface area (Å²) in [6.07, 6.45) is 10.2. The molecule has 0 spiro atoms. The largest absolute Gasteiger partial charge is 0.331 e. The smallest absolute Gasteiger partial charge is 0.0950 e. The van der Waals surface area contributed by atoms with Gasteiger partial charge in [0.05, 0.1) is 6.33 Å². The van der Waals surface area contributed by atoms with Crippen molar-refractivity contribution in [1.82, 2.24) is 9.55 Å². The fourth-order valence-corrected chi connectivity index (χ4v) is 2.33. The van der Waals surface area contributed by atoms with Crippen LogP contribution in [0.2, 0.25) is 0 Å². The maximum Gasteiger partial charge on any atom is 0.0950 e. The highest BCUT2D eigenvalue weighted by molar-refractivity contribution is 5.03. The molecule has 1 aromatic rings. The summed E-state index contributed by atoms with van der Waals surface area (Å²) in [5.41, 5.74) is 7.11. The van der Waals surface area contributed by atoms with Crippen LogP contribution in [0.25, 0.3) is 0 Å². The molecule has 2 N–H and O–H groups in total. The Balaban J connectivity index is 2.12. The summed E-state index contributed by atoms with van der Waals surface area (Å²) < 4.78 is 2.33. The van der Waals surface area contributed by atoms with Crippen molar-refractivity contribution in [3.63, 3.8) is 0 Å². The topological polar surface area (TPSA) is 43.8 Å². The fourth-order valence-electron chi connectivity index (χ4n) is 2.33. The van der Waals surface area contributed by atoms with E-state index in [2.05, 4.69) is 9.55 Å². The lowest BCUT2D eigenvalue weighted by molar-refractivity contribution is 0.493. The molecule has 1 heterocycles. The van der Waals surface area contributed by atoms with E-state index in [0.29, 0.717) is 6.04 Å². The van der Waals surface area contributed by atoms with E-state index < -0.39 is 0 Å². The molecule has 3 heteroatoms. The van der Waals surface area contributed by atoms with E-state index in [0.717, 1.165) is 6.42 Å². The van der Waals surface area contributed by atoms with Gasteiger partial charge in [0, 0.05) is 30.4 Å². The minimum Gasteiger partial charge on any atom is -0.331 e. The van der Waals surface area contributed by atoms with Gasteiger partial charge < -0.3 is 10.3 Å². The molecule has 1 saturated carbocycles. The zero-order valence-corrected chi connectivity index (χ0v) is 8.82. The molecular weight excluding hydrogens is 174 g/mol. The van der Waals surface area contributed by atoms with Gasteiger partial charge in [-0.2, -0.15) is 0 Å². The molecule has 78 valence electrons. The Hall–Kier alpha value is -0.830. The van der Waals surface area contributed by atoms with Gasteiger partial charge in [0.15, 0.2) is 0 Å². The number of rotatable bonds is 3. The van der Waals surface area contributed by atoms with E-state index in [1.807, 2.05) is 19.4 Å². The van der Waals surface area contributed by atoms with Gasteiger partial charge in [0.2, 0.25) is 0 Å². The Bertz CT molecular complexity index is 284. The number of aromatic nitrogens is 2. The molecule has 0 amide bonds. The molecule has 0 saturated heterocycles. The van der Waals surface area contributed by atoms with Crippen LogP contribution in [0.3, 0.4) is 0 Å². The van der Waals surface area contributed by atoms with Crippen molar-refractivity contribution in [2.24, 2.45) is 5.73 Å². The number of hydrogen-bond donors (Lipinski definition) is 1. The van der Waals surface area contributed by atoms with Crippen LogP contribution < -0.4 is 5.73 Å². The number of hydrogen-bond acceptors (Lipinski definition) is 2. The average Bonchev–Trinajstić information content (AvgIpc) is 2.70. The molecule has 0 radical (unpaired) electrons. The first kappa shape index (κ1) is 9.71. The molecule has 1 aliphatic rings. The maximum atomic E-state index is 5.81. The highest BCUT2D eigenvalue weighted by Crippen LogP contribution is 2.30. The number of imidazole rings is 1. The molecule has 2 rings (SSSR count). The van der Waals surface area contributed by atoms with E-state index in [4.69, 9.17) is 5.73 Å². The van der Waals surface area contributed by atoms with E-state index in [1.54, 1.807) is 0 Å². The molecule has 1 unspecified atom stereocenters. The van der Waals surface area contributed by atoms with Crippen molar-refractivity contribution in [2.45, 2.75) is 51.1 Å². The van der Waals surface area contributed by atoms with Crippen LogP contribution in [-0.2, 0) is 6.42 Å². The van der Waals surface area contributed by atoms with Gasteiger partial charge in [-0.25, -0.2) is 4.98 Å². The predicted octanol–water partition coefficient (Wildman–Crippen LogP) is 1.89. The van der Waals surface area contributed by atoms with Crippen LogP contribution in [0.15, 0.2) is 12.5 Å². The van der Waals surface area contributed by atoms with E-state index in [9.17, 15) is 0 Å². The SMILES string of the molecule is CC(N)Cc1cncn1C1CCCC1.